The maximum absolute atomic E-state index is 14.2. The number of sulfonamides is 1. The van der Waals surface area contributed by atoms with E-state index in [9.17, 15) is 26.0 Å². The molecular formula is C19H17F4NO2S. The van der Waals surface area contributed by atoms with Crippen LogP contribution in [0.25, 0.3) is 11.1 Å². The van der Waals surface area contributed by atoms with Crippen LogP contribution in [0.5, 0.6) is 0 Å². The minimum absolute atomic E-state index is 0.120. The lowest BCUT2D eigenvalue weighted by molar-refractivity contribution is -0.138. The molecule has 0 radical (unpaired) electrons. The second-order valence-electron chi connectivity index (χ2n) is 6.53. The van der Waals surface area contributed by atoms with E-state index in [1.165, 1.54) is 25.1 Å². The van der Waals surface area contributed by atoms with Crippen LogP contribution in [0.4, 0.5) is 17.6 Å². The Kier molecular flexibility index (Phi) is 4.90. The van der Waals surface area contributed by atoms with Gasteiger partial charge in [-0.2, -0.15) is 13.2 Å². The standard InChI is InChI=1S/C19H17F4NO2S/c1-11-9-12(5-7-16(11)19(21,22)23)14-3-2-4-15(14)13-6-8-18(17(20)10-13)27(24,25)26/h5-10H,2-4H2,1H3,(H2,24,25,26). The molecule has 0 bridgehead atoms. The predicted molar refractivity (Wildman–Crippen MR) is 94.6 cm³/mol. The van der Waals surface area contributed by atoms with E-state index in [0.29, 0.717) is 24.0 Å². The van der Waals surface area contributed by atoms with Crippen molar-refractivity contribution < 1.29 is 26.0 Å². The molecule has 0 aliphatic heterocycles. The normalized spacial score (nSPS) is 15.5. The summed E-state index contributed by atoms with van der Waals surface area (Å²) in [6.45, 7) is 1.40. The summed E-state index contributed by atoms with van der Waals surface area (Å²) in [6, 6.07) is 7.65. The van der Waals surface area contributed by atoms with Crippen LogP contribution in [-0.2, 0) is 16.2 Å². The van der Waals surface area contributed by atoms with Crippen LogP contribution in [0.15, 0.2) is 41.3 Å². The van der Waals surface area contributed by atoms with E-state index in [1.54, 1.807) is 0 Å². The molecule has 144 valence electrons. The summed E-state index contributed by atoms with van der Waals surface area (Å²) >= 11 is 0. The summed E-state index contributed by atoms with van der Waals surface area (Å²) in [4.78, 5) is -0.586. The fourth-order valence-corrected chi connectivity index (χ4v) is 4.06. The Balaban J connectivity index is 2.07. The van der Waals surface area contributed by atoms with Crippen LogP contribution in [-0.4, -0.2) is 8.42 Å². The van der Waals surface area contributed by atoms with Crippen LogP contribution in [0.2, 0.25) is 0 Å². The number of primary sulfonamides is 1. The zero-order chi connectivity index (χ0) is 20.0. The Morgan fingerprint density at radius 2 is 1.52 bits per heavy atom. The average molecular weight is 399 g/mol. The Morgan fingerprint density at radius 1 is 0.963 bits per heavy atom. The van der Waals surface area contributed by atoms with E-state index in [2.05, 4.69) is 0 Å². The van der Waals surface area contributed by atoms with Gasteiger partial charge in [0.05, 0.1) is 5.56 Å². The lowest BCUT2D eigenvalue weighted by Crippen LogP contribution is -2.14. The van der Waals surface area contributed by atoms with Gasteiger partial charge >= 0.3 is 6.18 Å². The van der Waals surface area contributed by atoms with Gasteiger partial charge < -0.3 is 0 Å². The number of aryl methyl sites for hydroxylation is 1. The Bertz CT molecular complexity index is 1040. The van der Waals surface area contributed by atoms with Crippen LogP contribution < -0.4 is 5.14 Å². The van der Waals surface area contributed by atoms with Gasteiger partial charge in [-0.05, 0) is 72.2 Å². The van der Waals surface area contributed by atoms with Crippen LogP contribution in [0, 0.1) is 12.7 Å². The lowest BCUT2D eigenvalue weighted by Gasteiger charge is -2.14. The third-order valence-electron chi connectivity index (χ3n) is 4.68. The summed E-state index contributed by atoms with van der Waals surface area (Å²) in [5.41, 5.74) is 2.24. The Morgan fingerprint density at radius 3 is 2.00 bits per heavy atom. The molecule has 0 heterocycles. The highest BCUT2D eigenvalue weighted by atomic mass is 32.2. The summed E-state index contributed by atoms with van der Waals surface area (Å²) in [5, 5.41) is 4.97. The monoisotopic (exact) mass is 399 g/mol. The number of hydrogen-bond acceptors (Lipinski definition) is 2. The average Bonchev–Trinajstić information content (AvgIpc) is 3.01. The molecule has 0 unspecified atom stereocenters. The summed E-state index contributed by atoms with van der Waals surface area (Å²) in [5.74, 6) is -0.947. The fraction of sp³-hybridized carbons (Fsp3) is 0.263. The molecule has 3 rings (SSSR count). The molecule has 1 aliphatic carbocycles. The molecule has 0 saturated heterocycles. The van der Waals surface area contributed by atoms with Crippen molar-refractivity contribution in [3.8, 4) is 0 Å². The smallest absolute Gasteiger partial charge is 0.225 e. The van der Waals surface area contributed by atoms with Gasteiger partial charge in [0.1, 0.15) is 10.7 Å². The molecule has 1 aliphatic rings. The topological polar surface area (TPSA) is 60.2 Å². The third kappa shape index (κ3) is 3.91. The van der Waals surface area contributed by atoms with E-state index >= 15 is 0 Å². The molecule has 0 spiro atoms. The van der Waals surface area contributed by atoms with Gasteiger partial charge in [0.2, 0.25) is 10.0 Å². The molecule has 0 saturated carbocycles. The number of alkyl halides is 3. The van der Waals surface area contributed by atoms with Crippen LogP contribution in [0.3, 0.4) is 0 Å². The van der Waals surface area contributed by atoms with Crippen molar-refractivity contribution in [2.75, 3.05) is 0 Å². The van der Waals surface area contributed by atoms with E-state index in [4.69, 9.17) is 5.14 Å². The van der Waals surface area contributed by atoms with Gasteiger partial charge in [-0.1, -0.05) is 18.2 Å². The van der Waals surface area contributed by atoms with Gasteiger partial charge in [-0.15, -0.1) is 0 Å². The number of allylic oxidation sites excluding steroid dienone is 2. The first kappa shape index (κ1) is 19.6. The van der Waals surface area contributed by atoms with Crippen molar-refractivity contribution in [2.24, 2.45) is 5.14 Å². The Labute approximate surface area is 154 Å². The van der Waals surface area contributed by atoms with E-state index in [0.717, 1.165) is 35.8 Å². The zero-order valence-corrected chi connectivity index (χ0v) is 15.2. The second kappa shape index (κ2) is 6.76. The SMILES string of the molecule is Cc1cc(C2=C(c3ccc(S(N)(=O)=O)c(F)c3)CCC2)ccc1C(F)(F)F. The van der Waals surface area contributed by atoms with Crippen molar-refractivity contribution in [3.63, 3.8) is 0 Å². The molecule has 0 amide bonds. The molecule has 0 aromatic heterocycles. The molecule has 8 heteroatoms. The first-order chi connectivity index (χ1) is 12.5. The van der Waals surface area contributed by atoms with Crippen molar-refractivity contribution >= 4 is 21.2 Å². The van der Waals surface area contributed by atoms with Gasteiger partial charge in [-0.3, -0.25) is 0 Å². The van der Waals surface area contributed by atoms with Crippen molar-refractivity contribution in [1.82, 2.24) is 0 Å². The lowest BCUT2D eigenvalue weighted by atomic mass is 9.94. The highest BCUT2D eigenvalue weighted by molar-refractivity contribution is 7.89. The first-order valence-electron chi connectivity index (χ1n) is 8.21. The van der Waals surface area contributed by atoms with Crippen molar-refractivity contribution in [3.05, 3.63) is 64.5 Å². The van der Waals surface area contributed by atoms with E-state index in [1.807, 2.05) is 0 Å². The molecule has 2 aromatic carbocycles. The minimum Gasteiger partial charge on any atom is -0.225 e. The van der Waals surface area contributed by atoms with Gasteiger partial charge in [0.25, 0.3) is 0 Å². The number of rotatable bonds is 3. The summed E-state index contributed by atoms with van der Waals surface area (Å²) in [6.07, 6.45) is -2.35. The second-order valence-corrected chi connectivity index (χ2v) is 8.06. The van der Waals surface area contributed by atoms with E-state index in [-0.39, 0.29) is 5.56 Å². The molecule has 0 fully saturated rings. The van der Waals surface area contributed by atoms with E-state index < -0.39 is 32.5 Å². The Hall–Kier alpha value is -2.19. The predicted octanol–water partition coefficient (Wildman–Crippen LogP) is 4.90. The highest BCUT2D eigenvalue weighted by Crippen LogP contribution is 2.41. The minimum atomic E-state index is -4.41. The number of hydrogen-bond donors (Lipinski definition) is 1. The van der Waals surface area contributed by atoms with Gasteiger partial charge in [0.15, 0.2) is 0 Å². The number of nitrogens with two attached hydrogens (primary N) is 1. The molecule has 3 nitrogen and oxygen atoms in total. The van der Waals surface area contributed by atoms with Gasteiger partial charge in [-0.25, -0.2) is 17.9 Å². The molecule has 27 heavy (non-hydrogen) atoms. The van der Waals surface area contributed by atoms with Gasteiger partial charge in [0, 0.05) is 0 Å². The maximum Gasteiger partial charge on any atom is 0.416 e. The fourth-order valence-electron chi connectivity index (χ4n) is 3.47. The number of benzene rings is 2. The zero-order valence-electron chi connectivity index (χ0n) is 14.4. The quantitative estimate of drug-likeness (QED) is 0.747. The maximum atomic E-state index is 14.2. The third-order valence-corrected chi connectivity index (χ3v) is 5.63. The largest absolute Gasteiger partial charge is 0.416 e. The molecule has 0 atom stereocenters. The summed E-state index contributed by atoms with van der Waals surface area (Å²) < 4.78 is 75.8. The molecular weight excluding hydrogens is 382 g/mol. The number of halogens is 4. The van der Waals surface area contributed by atoms with Crippen LogP contribution >= 0.6 is 0 Å². The van der Waals surface area contributed by atoms with Crippen molar-refractivity contribution in [1.29, 1.82) is 0 Å². The first-order valence-corrected chi connectivity index (χ1v) is 9.76. The summed E-state index contributed by atoms with van der Waals surface area (Å²) in [7, 11) is -4.16. The highest BCUT2D eigenvalue weighted by Gasteiger charge is 2.32. The van der Waals surface area contributed by atoms with Crippen molar-refractivity contribution in [2.45, 2.75) is 37.3 Å². The molecule has 2 N–H and O–H groups in total. The van der Waals surface area contributed by atoms with Crippen LogP contribution in [0.1, 0.15) is 41.5 Å². The molecule has 2 aromatic rings.